The van der Waals surface area contributed by atoms with Crippen LogP contribution in [-0.4, -0.2) is 59.0 Å². The first-order valence-corrected chi connectivity index (χ1v) is 13.0. The lowest BCUT2D eigenvalue weighted by molar-refractivity contribution is -0.133. The number of benzene rings is 2. The highest BCUT2D eigenvalue weighted by Crippen LogP contribution is 2.26. The first kappa shape index (κ1) is 26.5. The van der Waals surface area contributed by atoms with Crippen molar-refractivity contribution in [3.05, 3.63) is 63.1 Å². The van der Waals surface area contributed by atoms with Crippen molar-refractivity contribution in [2.45, 2.75) is 50.4 Å². The summed E-state index contributed by atoms with van der Waals surface area (Å²) >= 11 is 18.2. The summed E-state index contributed by atoms with van der Waals surface area (Å²) in [5.74, 6) is -0.829. The van der Waals surface area contributed by atoms with Crippen molar-refractivity contribution in [3.63, 3.8) is 0 Å². The SMILES string of the molecule is NC1CCC(NC(=O)C2N(C(=O)Nc3cccc(Cl)c3)CCCN2C(=O)c2ccc(Cl)c(Cl)c2)CC1. The van der Waals surface area contributed by atoms with Crippen LogP contribution in [0.3, 0.4) is 0 Å². The van der Waals surface area contributed by atoms with Crippen LogP contribution in [0.2, 0.25) is 15.1 Å². The van der Waals surface area contributed by atoms with Crippen molar-refractivity contribution in [1.29, 1.82) is 0 Å². The second-order valence-corrected chi connectivity index (χ2v) is 10.4. The average molecular weight is 553 g/mol. The minimum absolute atomic E-state index is 0.0704. The van der Waals surface area contributed by atoms with Crippen LogP contribution in [0.4, 0.5) is 10.5 Å². The Hall–Kier alpha value is -2.52. The number of nitrogens with zero attached hydrogens (tertiary/aromatic N) is 2. The molecule has 1 aliphatic heterocycles. The number of nitrogens with one attached hydrogen (secondary N) is 2. The van der Waals surface area contributed by atoms with Crippen molar-refractivity contribution in [1.82, 2.24) is 15.1 Å². The lowest BCUT2D eigenvalue weighted by Gasteiger charge is -2.43. The fourth-order valence-electron chi connectivity index (χ4n) is 4.63. The largest absolute Gasteiger partial charge is 0.350 e. The molecule has 36 heavy (non-hydrogen) atoms. The van der Waals surface area contributed by atoms with Gasteiger partial charge in [-0.15, -0.1) is 0 Å². The third kappa shape index (κ3) is 6.24. The number of nitrogens with two attached hydrogens (primary N) is 1. The van der Waals surface area contributed by atoms with Crippen LogP contribution in [-0.2, 0) is 4.79 Å². The molecule has 4 amide bonds. The topological polar surface area (TPSA) is 108 Å². The second kappa shape index (κ2) is 11.7. The summed E-state index contributed by atoms with van der Waals surface area (Å²) in [6.45, 7) is 0.596. The Morgan fingerprint density at radius 2 is 1.61 bits per heavy atom. The lowest BCUT2D eigenvalue weighted by Crippen LogP contribution is -2.65. The van der Waals surface area contributed by atoms with E-state index in [0.29, 0.717) is 35.2 Å². The Labute approximate surface area is 225 Å². The normalized spacial score (nSPS) is 22.2. The van der Waals surface area contributed by atoms with E-state index < -0.39 is 24.0 Å². The molecule has 1 aliphatic carbocycles. The monoisotopic (exact) mass is 551 g/mol. The molecule has 1 saturated carbocycles. The predicted octanol–water partition coefficient (Wildman–Crippen LogP) is 4.74. The van der Waals surface area contributed by atoms with E-state index in [2.05, 4.69) is 10.6 Å². The predicted molar refractivity (Wildman–Crippen MR) is 141 cm³/mol. The van der Waals surface area contributed by atoms with Gasteiger partial charge in [0.1, 0.15) is 0 Å². The smallest absolute Gasteiger partial charge is 0.323 e. The zero-order chi connectivity index (χ0) is 25.8. The zero-order valence-electron chi connectivity index (χ0n) is 19.6. The number of urea groups is 1. The Morgan fingerprint density at radius 1 is 0.889 bits per heavy atom. The molecule has 0 radical (unpaired) electrons. The molecule has 2 aromatic rings. The van der Waals surface area contributed by atoms with Crippen molar-refractivity contribution in [2.75, 3.05) is 18.4 Å². The van der Waals surface area contributed by atoms with Crippen molar-refractivity contribution < 1.29 is 14.4 Å². The summed E-state index contributed by atoms with van der Waals surface area (Å²) in [6, 6.07) is 10.8. The Kier molecular flexibility index (Phi) is 8.62. The maximum absolute atomic E-state index is 13.6. The molecule has 2 aromatic carbocycles. The quantitative estimate of drug-likeness (QED) is 0.509. The number of hydrogen-bond acceptors (Lipinski definition) is 4. The summed E-state index contributed by atoms with van der Waals surface area (Å²) in [6.07, 6.45) is 2.46. The lowest BCUT2D eigenvalue weighted by atomic mass is 9.91. The molecule has 1 saturated heterocycles. The fourth-order valence-corrected chi connectivity index (χ4v) is 5.12. The molecule has 4 N–H and O–H groups in total. The zero-order valence-corrected chi connectivity index (χ0v) is 21.8. The number of carbonyl (C=O) groups excluding carboxylic acids is 3. The molecule has 0 spiro atoms. The van der Waals surface area contributed by atoms with Crippen molar-refractivity contribution in [2.24, 2.45) is 5.73 Å². The number of rotatable bonds is 4. The molecule has 192 valence electrons. The van der Waals surface area contributed by atoms with E-state index in [9.17, 15) is 14.4 Å². The van der Waals surface area contributed by atoms with Crippen molar-refractivity contribution in [3.8, 4) is 0 Å². The molecule has 1 heterocycles. The van der Waals surface area contributed by atoms with E-state index in [1.165, 1.54) is 21.9 Å². The third-order valence-corrected chi connectivity index (χ3v) is 7.48. The van der Waals surface area contributed by atoms with Crippen LogP contribution in [0.25, 0.3) is 0 Å². The molecule has 0 bridgehead atoms. The van der Waals surface area contributed by atoms with E-state index in [-0.39, 0.29) is 22.7 Å². The number of amides is 4. The van der Waals surface area contributed by atoms with Gasteiger partial charge in [-0.3, -0.25) is 14.5 Å². The molecule has 4 rings (SSSR count). The summed E-state index contributed by atoms with van der Waals surface area (Å²) in [5.41, 5.74) is 6.78. The van der Waals surface area contributed by atoms with E-state index >= 15 is 0 Å². The van der Waals surface area contributed by atoms with Gasteiger partial charge in [-0.25, -0.2) is 4.79 Å². The number of hydrogen-bond donors (Lipinski definition) is 3. The van der Waals surface area contributed by atoms with E-state index in [0.717, 1.165) is 25.7 Å². The van der Waals surface area contributed by atoms with Gasteiger partial charge >= 0.3 is 6.03 Å². The van der Waals surface area contributed by atoms with E-state index in [1.54, 1.807) is 30.3 Å². The minimum atomic E-state index is -1.14. The van der Waals surface area contributed by atoms with Crippen LogP contribution in [0, 0.1) is 0 Å². The van der Waals surface area contributed by atoms with Crippen LogP contribution in [0.15, 0.2) is 42.5 Å². The van der Waals surface area contributed by atoms with Gasteiger partial charge in [0.25, 0.3) is 11.8 Å². The van der Waals surface area contributed by atoms with Gasteiger partial charge in [-0.05, 0) is 68.5 Å². The second-order valence-electron chi connectivity index (χ2n) is 9.11. The van der Waals surface area contributed by atoms with Gasteiger partial charge in [0.05, 0.1) is 10.0 Å². The summed E-state index contributed by atoms with van der Waals surface area (Å²) < 4.78 is 0. The van der Waals surface area contributed by atoms with E-state index in [1.807, 2.05) is 0 Å². The van der Waals surface area contributed by atoms with Crippen LogP contribution in [0.5, 0.6) is 0 Å². The number of carbonyl (C=O) groups is 3. The Balaban J connectivity index is 1.60. The first-order valence-electron chi connectivity index (χ1n) is 11.9. The highest BCUT2D eigenvalue weighted by atomic mass is 35.5. The van der Waals surface area contributed by atoms with Gasteiger partial charge in [0.2, 0.25) is 0 Å². The van der Waals surface area contributed by atoms with E-state index in [4.69, 9.17) is 40.5 Å². The molecule has 2 fully saturated rings. The maximum Gasteiger partial charge on any atom is 0.323 e. The molecule has 2 aliphatic rings. The van der Waals surface area contributed by atoms with Gasteiger partial charge in [-0.2, -0.15) is 0 Å². The maximum atomic E-state index is 13.6. The van der Waals surface area contributed by atoms with Gasteiger partial charge in [0.15, 0.2) is 6.17 Å². The Bertz CT molecular complexity index is 1140. The first-order chi connectivity index (χ1) is 17.2. The summed E-state index contributed by atoms with van der Waals surface area (Å²) in [5, 5.41) is 6.85. The van der Waals surface area contributed by atoms with Crippen LogP contribution < -0.4 is 16.4 Å². The number of halogens is 3. The standard InChI is InChI=1S/C25H28Cl3N5O3/c26-16-3-1-4-19(14-16)31-25(36)33-12-2-11-32(24(35)15-5-10-20(27)21(28)13-15)23(33)22(34)30-18-8-6-17(29)7-9-18/h1,3-5,10,13-14,17-18,23H,2,6-9,11-12,29H2,(H,30,34)(H,31,36). The molecule has 11 heteroatoms. The molecular formula is C25H28Cl3N5O3. The van der Waals surface area contributed by atoms with Gasteiger partial charge < -0.3 is 21.3 Å². The molecular weight excluding hydrogens is 525 g/mol. The number of anilines is 1. The summed E-state index contributed by atoms with van der Waals surface area (Å²) in [7, 11) is 0. The molecule has 1 atom stereocenters. The summed E-state index contributed by atoms with van der Waals surface area (Å²) in [4.78, 5) is 43.3. The molecule has 1 unspecified atom stereocenters. The third-order valence-electron chi connectivity index (χ3n) is 6.51. The minimum Gasteiger partial charge on any atom is -0.350 e. The Morgan fingerprint density at radius 3 is 2.31 bits per heavy atom. The van der Waals surface area contributed by atoms with Crippen LogP contribution in [0.1, 0.15) is 42.5 Å². The average Bonchev–Trinajstić information content (AvgIpc) is 2.86. The molecule has 0 aromatic heterocycles. The molecule has 8 nitrogen and oxygen atoms in total. The highest BCUT2D eigenvalue weighted by molar-refractivity contribution is 6.42. The van der Waals surface area contributed by atoms with Crippen LogP contribution >= 0.6 is 34.8 Å². The van der Waals surface area contributed by atoms with Gasteiger partial charge in [-0.1, -0.05) is 40.9 Å². The fraction of sp³-hybridized carbons (Fsp3) is 0.400. The van der Waals surface area contributed by atoms with Crippen molar-refractivity contribution >= 4 is 58.3 Å². The highest BCUT2D eigenvalue weighted by Gasteiger charge is 2.41. The van der Waals surface area contributed by atoms with Gasteiger partial charge in [0, 0.05) is 41.4 Å².